The smallest absolute Gasteiger partial charge is 0.303 e. The summed E-state index contributed by atoms with van der Waals surface area (Å²) in [6, 6.07) is 0. The van der Waals surface area contributed by atoms with Gasteiger partial charge in [-0.1, -0.05) is 47.9 Å². The van der Waals surface area contributed by atoms with Gasteiger partial charge in [-0.3, -0.25) is 4.79 Å². The van der Waals surface area contributed by atoms with Gasteiger partial charge in [0.15, 0.2) is 0 Å². The minimum absolute atomic E-state index is 0.327. The van der Waals surface area contributed by atoms with E-state index in [-0.39, 0.29) is 0 Å². The van der Waals surface area contributed by atoms with Gasteiger partial charge < -0.3 is 5.11 Å². The lowest BCUT2D eigenvalue weighted by Crippen LogP contribution is -1.93. The van der Waals surface area contributed by atoms with E-state index in [0.29, 0.717) is 6.42 Å². The Kier molecular flexibility index (Phi) is 9.98. The highest BCUT2D eigenvalue weighted by Gasteiger charge is 1.95. The van der Waals surface area contributed by atoms with Crippen molar-refractivity contribution in [2.45, 2.75) is 44.9 Å². The van der Waals surface area contributed by atoms with E-state index >= 15 is 0 Å². The van der Waals surface area contributed by atoms with Crippen molar-refractivity contribution in [1.82, 2.24) is 0 Å². The van der Waals surface area contributed by atoms with E-state index in [0.717, 1.165) is 19.3 Å². The van der Waals surface area contributed by atoms with E-state index < -0.39 is 5.97 Å². The molecule has 0 aromatic carbocycles. The summed E-state index contributed by atoms with van der Waals surface area (Å²) in [5.41, 5.74) is 0. The lowest BCUT2D eigenvalue weighted by molar-refractivity contribution is -0.137. The van der Waals surface area contributed by atoms with Gasteiger partial charge in [0.05, 0.1) is 0 Å². The summed E-state index contributed by atoms with van der Waals surface area (Å²) in [6.45, 7) is 0. The quantitative estimate of drug-likeness (QED) is 0.547. The standard InChI is InChI=1S/C10H17IO2/c11-9-7-5-3-1-2-4-6-8-10(12)13/h7,9H,1-6,8H2,(H,12,13)/b9-7-. The number of carboxylic acids is 1. The Morgan fingerprint density at radius 2 is 1.77 bits per heavy atom. The van der Waals surface area contributed by atoms with Gasteiger partial charge in [-0.15, -0.1) is 0 Å². The van der Waals surface area contributed by atoms with Gasteiger partial charge in [0.25, 0.3) is 0 Å². The fraction of sp³-hybridized carbons (Fsp3) is 0.700. The summed E-state index contributed by atoms with van der Waals surface area (Å²) in [7, 11) is 0. The molecule has 0 spiro atoms. The molecule has 0 aromatic rings. The number of carbonyl (C=O) groups is 1. The average Bonchev–Trinajstić information content (AvgIpc) is 2.09. The number of hydrogen-bond acceptors (Lipinski definition) is 1. The third-order valence-electron chi connectivity index (χ3n) is 1.85. The minimum Gasteiger partial charge on any atom is -0.481 e. The number of rotatable bonds is 8. The van der Waals surface area contributed by atoms with E-state index in [1.165, 1.54) is 19.3 Å². The lowest BCUT2D eigenvalue weighted by atomic mass is 10.1. The summed E-state index contributed by atoms with van der Waals surface area (Å²) >= 11 is 2.22. The molecule has 3 heteroatoms. The Hall–Kier alpha value is -0.0600. The normalized spacial score (nSPS) is 10.8. The number of allylic oxidation sites excluding steroid dienone is 1. The van der Waals surface area contributed by atoms with Gasteiger partial charge >= 0.3 is 5.97 Å². The van der Waals surface area contributed by atoms with Crippen LogP contribution in [-0.2, 0) is 4.79 Å². The van der Waals surface area contributed by atoms with E-state index in [4.69, 9.17) is 5.11 Å². The van der Waals surface area contributed by atoms with E-state index in [9.17, 15) is 4.79 Å². The maximum atomic E-state index is 10.2. The van der Waals surface area contributed by atoms with E-state index in [1.807, 2.05) is 4.08 Å². The van der Waals surface area contributed by atoms with Crippen LogP contribution in [0.5, 0.6) is 0 Å². The largest absolute Gasteiger partial charge is 0.481 e. The summed E-state index contributed by atoms with van der Waals surface area (Å²) in [5, 5.41) is 8.38. The van der Waals surface area contributed by atoms with Crippen LogP contribution in [0.4, 0.5) is 0 Å². The first kappa shape index (κ1) is 12.9. The van der Waals surface area contributed by atoms with Crippen molar-refractivity contribution in [3.8, 4) is 0 Å². The Labute approximate surface area is 93.6 Å². The van der Waals surface area contributed by atoms with Crippen LogP contribution < -0.4 is 0 Å². The average molecular weight is 296 g/mol. The summed E-state index contributed by atoms with van der Waals surface area (Å²) < 4.78 is 2.04. The molecule has 0 aliphatic carbocycles. The maximum Gasteiger partial charge on any atom is 0.303 e. The van der Waals surface area contributed by atoms with Crippen molar-refractivity contribution in [3.05, 3.63) is 10.2 Å². The van der Waals surface area contributed by atoms with Crippen molar-refractivity contribution >= 4 is 28.6 Å². The van der Waals surface area contributed by atoms with Crippen molar-refractivity contribution in [2.24, 2.45) is 0 Å². The zero-order valence-electron chi connectivity index (χ0n) is 7.84. The Morgan fingerprint density at radius 1 is 1.15 bits per heavy atom. The molecule has 0 unspecified atom stereocenters. The Bertz CT molecular complexity index is 155. The predicted octanol–water partition coefficient (Wildman–Crippen LogP) is 3.75. The highest BCUT2D eigenvalue weighted by atomic mass is 127. The topological polar surface area (TPSA) is 37.3 Å². The van der Waals surface area contributed by atoms with Crippen LogP contribution in [0, 0.1) is 0 Å². The molecule has 0 aliphatic heterocycles. The first-order valence-electron chi connectivity index (χ1n) is 4.74. The van der Waals surface area contributed by atoms with Crippen molar-refractivity contribution < 1.29 is 9.90 Å². The third-order valence-corrected chi connectivity index (χ3v) is 2.36. The van der Waals surface area contributed by atoms with Gasteiger partial charge in [-0.2, -0.15) is 0 Å². The molecule has 0 radical (unpaired) electrons. The molecule has 0 amide bonds. The minimum atomic E-state index is -0.673. The summed E-state index contributed by atoms with van der Waals surface area (Å²) in [4.78, 5) is 10.2. The molecule has 0 bridgehead atoms. The molecule has 0 fully saturated rings. The Balaban J connectivity index is 2.95. The van der Waals surface area contributed by atoms with Crippen LogP contribution >= 0.6 is 22.6 Å². The molecule has 0 aliphatic rings. The first-order chi connectivity index (χ1) is 6.27. The van der Waals surface area contributed by atoms with Gasteiger partial charge in [0, 0.05) is 6.42 Å². The predicted molar refractivity (Wildman–Crippen MR) is 63.1 cm³/mol. The monoisotopic (exact) mass is 296 g/mol. The van der Waals surface area contributed by atoms with Gasteiger partial charge in [-0.25, -0.2) is 0 Å². The van der Waals surface area contributed by atoms with Crippen LogP contribution in [0.15, 0.2) is 10.2 Å². The van der Waals surface area contributed by atoms with Crippen molar-refractivity contribution in [2.75, 3.05) is 0 Å². The van der Waals surface area contributed by atoms with Gasteiger partial charge in [0.2, 0.25) is 0 Å². The molecule has 2 nitrogen and oxygen atoms in total. The van der Waals surface area contributed by atoms with Crippen LogP contribution in [0.25, 0.3) is 0 Å². The van der Waals surface area contributed by atoms with E-state index in [2.05, 4.69) is 28.7 Å². The highest BCUT2D eigenvalue weighted by Crippen LogP contribution is 2.07. The second kappa shape index (κ2) is 10.0. The number of hydrogen-bond donors (Lipinski definition) is 1. The molecule has 0 atom stereocenters. The third kappa shape index (κ3) is 11.9. The zero-order valence-corrected chi connectivity index (χ0v) is 10.00. The molecular weight excluding hydrogens is 279 g/mol. The van der Waals surface area contributed by atoms with Crippen LogP contribution in [0.3, 0.4) is 0 Å². The molecular formula is C10H17IO2. The maximum absolute atomic E-state index is 10.2. The molecule has 0 saturated carbocycles. The van der Waals surface area contributed by atoms with Crippen molar-refractivity contribution in [1.29, 1.82) is 0 Å². The first-order valence-corrected chi connectivity index (χ1v) is 5.99. The number of aliphatic carboxylic acids is 1. The van der Waals surface area contributed by atoms with Crippen LogP contribution in [-0.4, -0.2) is 11.1 Å². The highest BCUT2D eigenvalue weighted by molar-refractivity contribution is 14.1. The SMILES string of the molecule is O=C(O)CCCCCCC/C=C\I. The summed E-state index contributed by atoms with van der Waals surface area (Å²) in [5.74, 6) is -0.673. The number of unbranched alkanes of at least 4 members (excludes halogenated alkanes) is 5. The molecule has 76 valence electrons. The van der Waals surface area contributed by atoms with Crippen LogP contribution in [0.2, 0.25) is 0 Å². The molecule has 0 saturated heterocycles. The number of halogens is 1. The second-order valence-corrected chi connectivity index (χ2v) is 3.78. The molecule has 0 rings (SSSR count). The second-order valence-electron chi connectivity index (χ2n) is 3.06. The lowest BCUT2D eigenvalue weighted by Gasteiger charge is -1.97. The van der Waals surface area contributed by atoms with Gasteiger partial charge in [0.1, 0.15) is 0 Å². The molecule has 1 N–H and O–H groups in total. The molecule has 0 heterocycles. The van der Waals surface area contributed by atoms with Crippen molar-refractivity contribution in [3.63, 3.8) is 0 Å². The zero-order chi connectivity index (χ0) is 9.94. The fourth-order valence-corrected chi connectivity index (χ4v) is 1.49. The number of carboxylic acid groups (broad SMARTS) is 1. The van der Waals surface area contributed by atoms with E-state index in [1.54, 1.807) is 0 Å². The Morgan fingerprint density at radius 3 is 2.38 bits per heavy atom. The van der Waals surface area contributed by atoms with Gasteiger partial charge in [-0.05, 0) is 23.3 Å². The molecule has 0 aromatic heterocycles. The van der Waals surface area contributed by atoms with Crippen LogP contribution in [0.1, 0.15) is 44.9 Å². The summed E-state index contributed by atoms with van der Waals surface area (Å²) in [6.07, 6.45) is 9.15. The fourth-order valence-electron chi connectivity index (χ4n) is 1.13. The molecule has 13 heavy (non-hydrogen) atoms.